The molecule has 1 saturated carbocycles. The molecule has 1 aliphatic carbocycles. The summed E-state index contributed by atoms with van der Waals surface area (Å²) in [5.41, 5.74) is -0.169. The van der Waals surface area contributed by atoms with E-state index in [4.69, 9.17) is 16.3 Å². The molecule has 1 N–H and O–H groups in total. The summed E-state index contributed by atoms with van der Waals surface area (Å²) in [7, 11) is 0. The summed E-state index contributed by atoms with van der Waals surface area (Å²) in [6.07, 6.45) is 8.38. The van der Waals surface area contributed by atoms with Gasteiger partial charge < -0.3 is 10.1 Å². The number of hydrogen-bond acceptors (Lipinski definition) is 2. The van der Waals surface area contributed by atoms with E-state index in [1.165, 1.54) is 19.3 Å². The maximum absolute atomic E-state index is 12.1. The molecule has 2 fully saturated rings. The van der Waals surface area contributed by atoms with Crippen LogP contribution in [0.15, 0.2) is 0 Å². The van der Waals surface area contributed by atoms with Gasteiger partial charge in [0, 0.05) is 12.5 Å². The van der Waals surface area contributed by atoms with E-state index in [2.05, 4.69) is 5.32 Å². The van der Waals surface area contributed by atoms with E-state index in [1.807, 2.05) is 0 Å². The van der Waals surface area contributed by atoms with Crippen LogP contribution in [0.5, 0.6) is 0 Å². The predicted molar refractivity (Wildman–Crippen MR) is 68.3 cm³/mol. The van der Waals surface area contributed by atoms with Crippen molar-refractivity contribution in [2.75, 3.05) is 12.5 Å². The normalized spacial score (nSPS) is 28.6. The highest BCUT2D eigenvalue weighted by Crippen LogP contribution is 2.29. The van der Waals surface area contributed by atoms with E-state index < -0.39 is 0 Å². The van der Waals surface area contributed by atoms with E-state index in [0.717, 1.165) is 32.1 Å². The first-order valence-corrected chi connectivity index (χ1v) is 7.29. The Labute approximate surface area is 108 Å². The number of carbonyl (C=O) groups is 1. The molecule has 98 valence electrons. The Balaban J connectivity index is 1.90. The van der Waals surface area contributed by atoms with Crippen LogP contribution in [0.1, 0.15) is 51.4 Å². The smallest absolute Gasteiger partial charge is 0.249 e. The summed E-state index contributed by atoms with van der Waals surface area (Å²) in [6.45, 7) is 0.714. The standard InChI is InChI=1S/C13H22ClNO2/c14-10-13(7-3-1-4-8-13)15-12(16)11-6-2-5-9-17-11/h11H,1-10H2,(H,15,16). The Bertz CT molecular complexity index is 258. The zero-order valence-corrected chi connectivity index (χ0v) is 11.1. The minimum atomic E-state index is -0.245. The number of alkyl halides is 1. The molecule has 1 saturated heterocycles. The summed E-state index contributed by atoms with van der Waals surface area (Å²) in [6, 6.07) is 0. The first-order chi connectivity index (χ1) is 8.26. The zero-order valence-electron chi connectivity index (χ0n) is 10.3. The summed E-state index contributed by atoms with van der Waals surface area (Å²) in [4.78, 5) is 12.1. The van der Waals surface area contributed by atoms with Gasteiger partial charge in [-0.05, 0) is 32.1 Å². The molecule has 1 heterocycles. The Morgan fingerprint density at radius 1 is 1.24 bits per heavy atom. The monoisotopic (exact) mass is 259 g/mol. The van der Waals surface area contributed by atoms with Crippen molar-refractivity contribution in [2.24, 2.45) is 0 Å². The molecule has 1 unspecified atom stereocenters. The molecule has 0 bridgehead atoms. The zero-order chi connectivity index (χ0) is 12.1. The molecule has 0 aromatic carbocycles. The van der Waals surface area contributed by atoms with Crippen molar-refractivity contribution in [1.29, 1.82) is 0 Å². The number of amides is 1. The SMILES string of the molecule is O=C(NC1(CCl)CCCCC1)C1CCCCO1. The van der Waals surface area contributed by atoms with Gasteiger partial charge in [-0.2, -0.15) is 0 Å². The third-order valence-electron chi connectivity index (χ3n) is 3.93. The fourth-order valence-electron chi connectivity index (χ4n) is 2.81. The van der Waals surface area contributed by atoms with Crippen molar-refractivity contribution in [2.45, 2.75) is 63.0 Å². The lowest BCUT2D eigenvalue weighted by atomic mass is 9.83. The third kappa shape index (κ3) is 3.35. The Morgan fingerprint density at radius 3 is 2.59 bits per heavy atom. The molecule has 17 heavy (non-hydrogen) atoms. The van der Waals surface area contributed by atoms with Gasteiger partial charge in [0.25, 0.3) is 0 Å². The van der Waals surface area contributed by atoms with Gasteiger partial charge in [0.1, 0.15) is 6.10 Å². The van der Waals surface area contributed by atoms with Gasteiger partial charge in [-0.1, -0.05) is 19.3 Å². The summed E-state index contributed by atoms with van der Waals surface area (Å²) in [5.74, 6) is 0.568. The average molecular weight is 260 g/mol. The maximum atomic E-state index is 12.1. The highest BCUT2D eigenvalue weighted by molar-refractivity contribution is 6.18. The quantitative estimate of drug-likeness (QED) is 0.792. The number of ether oxygens (including phenoxy) is 1. The Kier molecular flexibility index (Phi) is 4.69. The third-order valence-corrected chi connectivity index (χ3v) is 4.44. The van der Waals surface area contributed by atoms with Crippen LogP contribution in [0.25, 0.3) is 0 Å². The van der Waals surface area contributed by atoms with E-state index in [0.29, 0.717) is 12.5 Å². The number of halogens is 1. The second kappa shape index (κ2) is 6.05. The van der Waals surface area contributed by atoms with Crippen molar-refractivity contribution >= 4 is 17.5 Å². The van der Waals surface area contributed by atoms with E-state index in [9.17, 15) is 4.79 Å². The van der Waals surface area contributed by atoms with E-state index in [-0.39, 0.29) is 17.6 Å². The van der Waals surface area contributed by atoms with Crippen LogP contribution < -0.4 is 5.32 Å². The minimum Gasteiger partial charge on any atom is -0.368 e. The molecule has 1 amide bonds. The van der Waals surface area contributed by atoms with Crippen molar-refractivity contribution in [3.05, 3.63) is 0 Å². The topological polar surface area (TPSA) is 38.3 Å². The van der Waals surface area contributed by atoms with Crippen molar-refractivity contribution in [3.63, 3.8) is 0 Å². The summed E-state index contributed by atoms with van der Waals surface area (Å²) in [5, 5.41) is 3.16. The molecule has 0 aromatic heterocycles. The predicted octanol–water partition coefficient (Wildman–Crippen LogP) is 2.61. The van der Waals surface area contributed by atoms with Crippen molar-refractivity contribution < 1.29 is 9.53 Å². The molecular weight excluding hydrogens is 238 g/mol. The second-order valence-corrected chi connectivity index (χ2v) is 5.59. The van der Waals surface area contributed by atoms with Crippen molar-refractivity contribution in [1.82, 2.24) is 5.32 Å². The van der Waals surface area contributed by atoms with Crippen LogP contribution in [-0.2, 0) is 9.53 Å². The molecule has 3 nitrogen and oxygen atoms in total. The Morgan fingerprint density at radius 2 is 2.00 bits per heavy atom. The lowest BCUT2D eigenvalue weighted by Gasteiger charge is -2.37. The van der Waals surface area contributed by atoms with Crippen LogP contribution in [-0.4, -0.2) is 30.0 Å². The fraction of sp³-hybridized carbons (Fsp3) is 0.923. The second-order valence-electron chi connectivity index (χ2n) is 5.32. The molecule has 0 spiro atoms. The van der Waals surface area contributed by atoms with Crippen LogP contribution in [0.4, 0.5) is 0 Å². The van der Waals surface area contributed by atoms with Crippen LogP contribution >= 0.6 is 11.6 Å². The number of rotatable bonds is 3. The molecular formula is C13H22ClNO2. The molecule has 2 rings (SSSR count). The van der Waals surface area contributed by atoms with Gasteiger partial charge in [-0.15, -0.1) is 11.6 Å². The highest BCUT2D eigenvalue weighted by Gasteiger charge is 2.35. The number of hydrogen-bond donors (Lipinski definition) is 1. The van der Waals surface area contributed by atoms with E-state index >= 15 is 0 Å². The fourth-order valence-corrected chi connectivity index (χ4v) is 3.14. The molecule has 2 aliphatic rings. The van der Waals surface area contributed by atoms with Gasteiger partial charge in [0.05, 0.1) is 5.54 Å². The average Bonchev–Trinajstić information content (AvgIpc) is 2.41. The summed E-state index contributed by atoms with van der Waals surface area (Å²) < 4.78 is 5.52. The Hall–Kier alpha value is -0.280. The molecule has 0 aromatic rings. The summed E-state index contributed by atoms with van der Waals surface area (Å²) >= 11 is 6.06. The van der Waals surface area contributed by atoms with Crippen molar-refractivity contribution in [3.8, 4) is 0 Å². The first kappa shape index (κ1) is 13.2. The van der Waals surface area contributed by atoms with Crippen LogP contribution in [0.3, 0.4) is 0 Å². The van der Waals surface area contributed by atoms with Crippen LogP contribution in [0, 0.1) is 0 Å². The maximum Gasteiger partial charge on any atom is 0.249 e. The first-order valence-electron chi connectivity index (χ1n) is 6.75. The van der Waals surface area contributed by atoms with Gasteiger partial charge in [-0.3, -0.25) is 4.79 Å². The number of carbonyl (C=O) groups excluding carboxylic acids is 1. The lowest BCUT2D eigenvalue weighted by Crippen LogP contribution is -2.54. The van der Waals surface area contributed by atoms with E-state index in [1.54, 1.807) is 0 Å². The van der Waals surface area contributed by atoms with Gasteiger partial charge in [-0.25, -0.2) is 0 Å². The van der Waals surface area contributed by atoms with Gasteiger partial charge in [0.15, 0.2) is 0 Å². The number of nitrogens with one attached hydrogen (secondary N) is 1. The molecule has 4 heteroatoms. The molecule has 1 atom stereocenters. The molecule has 0 radical (unpaired) electrons. The molecule has 1 aliphatic heterocycles. The minimum absolute atomic E-state index is 0.0484. The lowest BCUT2D eigenvalue weighted by molar-refractivity contribution is -0.137. The largest absolute Gasteiger partial charge is 0.368 e. The van der Waals surface area contributed by atoms with Crippen LogP contribution in [0.2, 0.25) is 0 Å². The van der Waals surface area contributed by atoms with Gasteiger partial charge >= 0.3 is 0 Å². The highest BCUT2D eigenvalue weighted by atomic mass is 35.5. The van der Waals surface area contributed by atoms with Gasteiger partial charge in [0.2, 0.25) is 5.91 Å².